The largest absolute Gasteiger partial charge is 0.462 e. The molecule has 190 valence electrons. The van der Waals surface area contributed by atoms with Crippen LogP contribution in [0.25, 0.3) is 0 Å². The number of ether oxygens (including phenoxy) is 1. The highest BCUT2D eigenvalue weighted by Gasteiger charge is 2.55. The topological polar surface area (TPSA) is 32.8 Å². The van der Waals surface area contributed by atoms with E-state index in [0.29, 0.717) is 11.8 Å². The molecule has 0 unspecified atom stereocenters. The SMILES string of the molecule is C=C1CCC[C@]2(C)C[C@H]3OC(=O)[C@@H](CN4CCN(C(c5ccccc5)c5ccccc5)CC4)[C@@H]3C[C@H]12. The van der Waals surface area contributed by atoms with Crippen LogP contribution in [-0.2, 0) is 9.53 Å². The predicted molar refractivity (Wildman–Crippen MR) is 143 cm³/mol. The molecular formula is C32H40N2O2. The summed E-state index contributed by atoms with van der Waals surface area (Å²) in [5.41, 5.74) is 4.37. The fourth-order valence-electron chi connectivity index (χ4n) is 7.83. The number of rotatable bonds is 5. The number of allylic oxidation sites excluding steroid dienone is 1. The summed E-state index contributed by atoms with van der Waals surface area (Å²) in [4.78, 5) is 18.2. The molecule has 2 heterocycles. The Hall–Kier alpha value is -2.43. The van der Waals surface area contributed by atoms with Gasteiger partial charge >= 0.3 is 5.97 Å². The summed E-state index contributed by atoms with van der Waals surface area (Å²) in [7, 11) is 0. The van der Waals surface area contributed by atoms with Crippen molar-refractivity contribution in [1.29, 1.82) is 0 Å². The number of hydrogen-bond acceptors (Lipinski definition) is 4. The van der Waals surface area contributed by atoms with Gasteiger partial charge in [-0.25, -0.2) is 0 Å². The molecule has 2 aliphatic carbocycles. The van der Waals surface area contributed by atoms with Crippen LogP contribution in [0.1, 0.15) is 56.2 Å². The Kier molecular flexibility index (Phi) is 6.51. The van der Waals surface area contributed by atoms with E-state index in [1.165, 1.54) is 29.5 Å². The summed E-state index contributed by atoms with van der Waals surface area (Å²) < 4.78 is 6.04. The van der Waals surface area contributed by atoms with Gasteiger partial charge in [-0.15, -0.1) is 0 Å². The summed E-state index contributed by atoms with van der Waals surface area (Å²) in [6, 6.07) is 22.0. The Labute approximate surface area is 216 Å². The van der Waals surface area contributed by atoms with Crippen molar-refractivity contribution in [3.8, 4) is 0 Å². The van der Waals surface area contributed by atoms with E-state index in [2.05, 4.69) is 84.0 Å². The molecular weight excluding hydrogens is 444 g/mol. The summed E-state index contributed by atoms with van der Waals surface area (Å²) >= 11 is 0. The first-order valence-electron chi connectivity index (χ1n) is 14.0. The molecule has 4 heteroatoms. The van der Waals surface area contributed by atoms with E-state index in [1.807, 2.05) is 0 Å². The zero-order chi connectivity index (χ0) is 24.7. The number of esters is 1. The average Bonchev–Trinajstić information content (AvgIpc) is 3.18. The maximum atomic E-state index is 13.1. The first kappa shape index (κ1) is 23.9. The highest BCUT2D eigenvalue weighted by molar-refractivity contribution is 5.75. The van der Waals surface area contributed by atoms with Gasteiger partial charge in [0.05, 0.1) is 12.0 Å². The summed E-state index contributed by atoms with van der Waals surface area (Å²) in [6.07, 6.45) is 5.85. The van der Waals surface area contributed by atoms with Crippen LogP contribution in [0, 0.1) is 23.2 Å². The van der Waals surface area contributed by atoms with E-state index < -0.39 is 0 Å². The lowest BCUT2D eigenvalue weighted by Crippen LogP contribution is -2.50. The molecule has 4 fully saturated rings. The first-order valence-corrected chi connectivity index (χ1v) is 14.0. The van der Waals surface area contributed by atoms with Crippen molar-refractivity contribution in [3.63, 3.8) is 0 Å². The van der Waals surface area contributed by atoms with E-state index in [4.69, 9.17) is 4.74 Å². The van der Waals surface area contributed by atoms with Gasteiger partial charge in [0.25, 0.3) is 0 Å². The number of carbonyl (C=O) groups is 1. The molecule has 2 aromatic rings. The Morgan fingerprint density at radius 1 is 1.00 bits per heavy atom. The molecule has 4 aliphatic rings. The second-order valence-electron chi connectivity index (χ2n) is 12.0. The van der Waals surface area contributed by atoms with Gasteiger partial charge < -0.3 is 4.74 Å². The molecule has 0 bridgehead atoms. The average molecular weight is 485 g/mol. The minimum atomic E-state index is 0.0138. The van der Waals surface area contributed by atoms with Gasteiger partial charge in [0, 0.05) is 38.6 Å². The number of fused-ring (bicyclic) bond motifs is 2. The summed E-state index contributed by atoms with van der Waals surface area (Å²) in [6.45, 7) is 11.7. The van der Waals surface area contributed by atoms with Crippen LogP contribution in [0.3, 0.4) is 0 Å². The fraction of sp³-hybridized carbons (Fsp3) is 0.531. The number of carbonyl (C=O) groups excluding carboxylic acids is 1. The maximum Gasteiger partial charge on any atom is 0.310 e. The first-order chi connectivity index (χ1) is 17.5. The molecule has 0 aromatic heterocycles. The zero-order valence-electron chi connectivity index (χ0n) is 21.6. The van der Waals surface area contributed by atoms with Crippen molar-refractivity contribution in [2.75, 3.05) is 32.7 Å². The predicted octanol–water partition coefficient (Wildman–Crippen LogP) is 5.71. The quantitative estimate of drug-likeness (QED) is 0.402. The third-order valence-corrected chi connectivity index (χ3v) is 9.78. The molecule has 6 rings (SSSR count). The van der Waals surface area contributed by atoms with Crippen LogP contribution >= 0.6 is 0 Å². The molecule has 2 aromatic carbocycles. The zero-order valence-corrected chi connectivity index (χ0v) is 21.6. The van der Waals surface area contributed by atoms with Crippen molar-refractivity contribution in [2.24, 2.45) is 23.2 Å². The molecule has 5 atom stereocenters. The smallest absolute Gasteiger partial charge is 0.310 e. The second-order valence-corrected chi connectivity index (χ2v) is 12.0. The molecule has 2 saturated heterocycles. The highest BCUT2D eigenvalue weighted by atomic mass is 16.6. The normalized spacial score (nSPS) is 33.3. The molecule has 36 heavy (non-hydrogen) atoms. The summed E-state index contributed by atoms with van der Waals surface area (Å²) in [5.74, 6) is 0.968. The van der Waals surface area contributed by atoms with Crippen LogP contribution in [-0.4, -0.2) is 54.6 Å². The van der Waals surface area contributed by atoms with Gasteiger partial charge in [-0.05, 0) is 54.6 Å². The third-order valence-electron chi connectivity index (χ3n) is 9.78. The maximum absolute atomic E-state index is 13.1. The lowest BCUT2D eigenvalue weighted by molar-refractivity contribution is -0.146. The van der Waals surface area contributed by atoms with Crippen LogP contribution < -0.4 is 0 Å². The Morgan fingerprint density at radius 3 is 2.28 bits per heavy atom. The van der Waals surface area contributed by atoms with E-state index in [1.54, 1.807) is 0 Å². The molecule has 0 amide bonds. The molecule has 2 aliphatic heterocycles. The minimum absolute atomic E-state index is 0.0138. The third kappa shape index (κ3) is 4.43. The highest BCUT2D eigenvalue weighted by Crippen LogP contribution is 2.57. The molecule has 0 N–H and O–H groups in total. The van der Waals surface area contributed by atoms with Gasteiger partial charge in [-0.2, -0.15) is 0 Å². The Morgan fingerprint density at radius 2 is 1.64 bits per heavy atom. The van der Waals surface area contributed by atoms with Gasteiger partial charge in [-0.3, -0.25) is 14.6 Å². The van der Waals surface area contributed by atoms with Crippen LogP contribution in [0.15, 0.2) is 72.8 Å². The van der Waals surface area contributed by atoms with Crippen molar-refractivity contribution in [2.45, 2.75) is 51.2 Å². The molecule has 0 spiro atoms. The van der Waals surface area contributed by atoms with Crippen molar-refractivity contribution in [1.82, 2.24) is 9.80 Å². The number of nitrogens with zero attached hydrogens (tertiary/aromatic N) is 2. The fourth-order valence-corrected chi connectivity index (χ4v) is 7.83. The van der Waals surface area contributed by atoms with E-state index in [9.17, 15) is 4.79 Å². The second kappa shape index (κ2) is 9.79. The monoisotopic (exact) mass is 484 g/mol. The van der Waals surface area contributed by atoms with Crippen LogP contribution in [0.4, 0.5) is 0 Å². The standard InChI is InChI=1S/C32H40N2O2/c1-23-10-9-15-32(2)21-29-26(20-28(23)32)27(31(35)36-29)22-33-16-18-34(19-17-33)30(24-11-5-3-6-12-24)25-13-7-4-8-14-25/h3-8,11-14,26-30H,1,9-10,15-22H2,2H3/t26-,27-,28+,29+,32+/m0/s1. The van der Waals surface area contributed by atoms with Crippen molar-refractivity contribution in [3.05, 3.63) is 83.9 Å². The number of hydrogen-bond donors (Lipinski definition) is 0. The molecule has 0 radical (unpaired) electrons. The molecule has 2 saturated carbocycles. The molecule has 4 nitrogen and oxygen atoms in total. The number of benzene rings is 2. The van der Waals surface area contributed by atoms with Gasteiger partial charge in [0.15, 0.2) is 0 Å². The summed E-state index contributed by atoms with van der Waals surface area (Å²) in [5, 5.41) is 0. The number of piperazine rings is 1. The van der Waals surface area contributed by atoms with E-state index >= 15 is 0 Å². The minimum Gasteiger partial charge on any atom is -0.462 e. The van der Waals surface area contributed by atoms with Crippen LogP contribution in [0.2, 0.25) is 0 Å². The van der Waals surface area contributed by atoms with E-state index in [-0.39, 0.29) is 29.4 Å². The lowest BCUT2D eigenvalue weighted by Gasteiger charge is -2.50. The van der Waals surface area contributed by atoms with Crippen molar-refractivity contribution >= 4 is 5.97 Å². The van der Waals surface area contributed by atoms with Crippen molar-refractivity contribution < 1.29 is 9.53 Å². The Bertz CT molecular complexity index is 1040. The van der Waals surface area contributed by atoms with Gasteiger partial charge in [-0.1, -0.05) is 79.7 Å². The Balaban J connectivity index is 1.13. The van der Waals surface area contributed by atoms with E-state index in [0.717, 1.165) is 52.0 Å². The van der Waals surface area contributed by atoms with Gasteiger partial charge in [0.1, 0.15) is 6.10 Å². The van der Waals surface area contributed by atoms with Crippen LogP contribution in [0.5, 0.6) is 0 Å². The lowest BCUT2D eigenvalue weighted by atomic mass is 9.55. The van der Waals surface area contributed by atoms with Gasteiger partial charge in [0.2, 0.25) is 0 Å².